The van der Waals surface area contributed by atoms with Gasteiger partial charge in [-0.15, -0.1) is 0 Å². The number of esters is 2. The van der Waals surface area contributed by atoms with Gasteiger partial charge in [-0.1, -0.05) is 6.92 Å². The van der Waals surface area contributed by atoms with Crippen molar-refractivity contribution in [1.29, 1.82) is 0 Å². The highest BCUT2D eigenvalue weighted by Crippen LogP contribution is 2.63. The highest BCUT2D eigenvalue weighted by molar-refractivity contribution is 6.12. The Bertz CT molecular complexity index is 990. The number of methoxy groups -OCH3 is 1. The lowest BCUT2D eigenvalue weighted by molar-refractivity contribution is -0.170. The minimum absolute atomic E-state index is 0.0458. The van der Waals surface area contributed by atoms with Crippen LogP contribution in [0.2, 0.25) is 0 Å². The third kappa shape index (κ3) is 2.45. The van der Waals surface area contributed by atoms with Crippen molar-refractivity contribution in [2.24, 2.45) is 22.7 Å². The number of hydrogen-bond donors (Lipinski definition) is 0. The van der Waals surface area contributed by atoms with Crippen LogP contribution < -0.4 is 0 Å². The summed E-state index contributed by atoms with van der Waals surface area (Å²) >= 11 is 0. The third-order valence-electron chi connectivity index (χ3n) is 8.01. The topological polar surface area (TPSA) is 105 Å². The van der Waals surface area contributed by atoms with Crippen LogP contribution >= 0.6 is 0 Å². The van der Waals surface area contributed by atoms with Crippen molar-refractivity contribution in [2.75, 3.05) is 20.3 Å². The van der Waals surface area contributed by atoms with Crippen LogP contribution in [0, 0.1) is 22.7 Å². The Labute approximate surface area is 179 Å². The largest absolute Gasteiger partial charge is 0.488 e. The number of cyclic esters (lactones) is 1. The quantitative estimate of drug-likeness (QED) is 0.623. The van der Waals surface area contributed by atoms with Crippen LogP contribution in [0.4, 0.5) is 0 Å². The first-order valence-electron chi connectivity index (χ1n) is 10.7. The van der Waals surface area contributed by atoms with Crippen molar-refractivity contribution in [3.05, 3.63) is 22.5 Å². The molecule has 0 aromatic carbocycles. The maximum atomic E-state index is 13.7. The van der Waals surface area contributed by atoms with E-state index < -0.39 is 40.9 Å². The molecule has 6 atom stereocenters. The van der Waals surface area contributed by atoms with Crippen molar-refractivity contribution in [1.82, 2.24) is 0 Å². The zero-order chi connectivity index (χ0) is 22.3. The van der Waals surface area contributed by atoms with Gasteiger partial charge in [-0.25, -0.2) is 0 Å². The summed E-state index contributed by atoms with van der Waals surface area (Å²) in [6.07, 6.45) is -0.231. The molecule has 0 N–H and O–H groups in total. The zero-order valence-electron chi connectivity index (χ0n) is 18.1. The van der Waals surface area contributed by atoms with Gasteiger partial charge in [0.25, 0.3) is 0 Å². The third-order valence-corrected chi connectivity index (χ3v) is 8.01. The lowest BCUT2D eigenvalue weighted by Crippen LogP contribution is -2.57. The van der Waals surface area contributed by atoms with Gasteiger partial charge < -0.3 is 18.9 Å². The number of ether oxygens (including phenoxy) is 4. The number of Topliss-reactive ketones (excluding diaryl/α,β-unsaturated/α-hetero) is 2. The van der Waals surface area contributed by atoms with Crippen molar-refractivity contribution >= 4 is 23.5 Å². The summed E-state index contributed by atoms with van der Waals surface area (Å²) < 4.78 is 22.7. The van der Waals surface area contributed by atoms with Crippen LogP contribution in [0.5, 0.6) is 0 Å². The Hall–Kier alpha value is -2.48. The van der Waals surface area contributed by atoms with Crippen molar-refractivity contribution in [3.63, 3.8) is 0 Å². The van der Waals surface area contributed by atoms with E-state index in [1.54, 1.807) is 0 Å². The molecule has 1 saturated carbocycles. The fraction of sp³-hybridized carbons (Fsp3) is 0.652. The summed E-state index contributed by atoms with van der Waals surface area (Å²) in [4.78, 5) is 51.3. The van der Waals surface area contributed by atoms with Gasteiger partial charge in [0.1, 0.15) is 30.5 Å². The number of fused-ring (bicyclic) bond motifs is 3. The molecule has 1 saturated heterocycles. The number of carbonyl (C=O) groups is 4. The highest BCUT2D eigenvalue weighted by atomic mass is 16.6. The standard InChI is InChI=1S/C23H26O8/c1-10(24)30-13-7-22(2)12(5-6-14(22)25)16-18(13)23(3)15(9-28-4)31-21(27)11-8-29-20(17(11)23)19(16)26/h11-13,15H,5-9H2,1-4H3. The first-order chi connectivity index (χ1) is 14.6. The number of hydrogen-bond acceptors (Lipinski definition) is 8. The molecule has 8 nitrogen and oxygen atoms in total. The Balaban J connectivity index is 1.78. The average Bonchev–Trinajstić information content (AvgIpc) is 3.27. The number of rotatable bonds is 3. The number of allylic oxidation sites excluding steroid dienone is 1. The predicted molar refractivity (Wildman–Crippen MR) is 104 cm³/mol. The second kappa shape index (κ2) is 6.51. The van der Waals surface area contributed by atoms with Gasteiger partial charge in [0.05, 0.1) is 12.0 Å². The maximum absolute atomic E-state index is 13.7. The summed E-state index contributed by atoms with van der Waals surface area (Å²) in [6, 6.07) is 0. The van der Waals surface area contributed by atoms with Gasteiger partial charge in [-0.2, -0.15) is 0 Å². The smallest absolute Gasteiger partial charge is 0.317 e. The van der Waals surface area contributed by atoms with Crippen molar-refractivity contribution in [3.8, 4) is 0 Å². The van der Waals surface area contributed by atoms with Crippen LogP contribution in [0.15, 0.2) is 22.5 Å². The molecule has 5 rings (SSSR count). The fourth-order valence-electron chi connectivity index (χ4n) is 6.60. The molecular weight excluding hydrogens is 404 g/mol. The molecule has 0 radical (unpaired) electrons. The maximum Gasteiger partial charge on any atom is 0.317 e. The summed E-state index contributed by atoms with van der Waals surface area (Å²) in [7, 11) is 1.52. The number of carbonyl (C=O) groups excluding carboxylic acids is 4. The molecule has 0 spiro atoms. The van der Waals surface area contributed by atoms with E-state index in [1.807, 2.05) is 13.8 Å². The SMILES string of the molecule is COCC1OC(=O)C2COC3=C2C1(C)C1=C(C3=O)C2CCC(=O)C2(C)CC1OC(C)=O. The fourth-order valence-corrected chi connectivity index (χ4v) is 6.60. The summed E-state index contributed by atoms with van der Waals surface area (Å²) in [5.74, 6) is -1.93. The predicted octanol–water partition coefficient (Wildman–Crippen LogP) is 1.67. The molecule has 8 heteroatoms. The van der Waals surface area contributed by atoms with E-state index in [1.165, 1.54) is 14.0 Å². The Morgan fingerprint density at radius 1 is 1.19 bits per heavy atom. The van der Waals surface area contributed by atoms with E-state index in [9.17, 15) is 19.2 Å². The second-order valence-electron chi connectivity index (χ2n) is 9.58. The summed E-state index contributed by atoms with van der Waals surface area (Å²) in [5.41, 5.74) is 0.0278. The van der Waals surface area contributed by atoms with Crippen LogP contribution in [0.3, 0.4) is 0 Å². The van der Waals surface area contributed by atoms with E-state index in [-0.39, 0.29) is 36.5 Å². The van der Waals surface area contributed by atoms with E-state index in [2.05, 4.69) is 0 Å². The molecule has 31 heavy (non-hydrogen) atoms. The second-order valence-corrected chi connectivity index (χ2v) is 9.58. The minimum Gasteiger partial charge on any atom is -0.488 e. The van der Waals surface area contributed by atoms with Crippen LogP contribution in [0.25, 0.3) is 0 Å². The monoisotopic (exact) mass is 430 g/mol. The molecule has 0 aromatic heterocycles. The lowest BCUT2D eigenvalue weighted by Gasteiger charge is -2.53. The molecule has 0 bridgehead atoms. The molecular formula is C23H26O8. The number of ketones is 2. The van der Waals surface area contributed by atoms with E-state index in [4.69, 9.17) is 18.9 Å². The highest BCUT2D eigenvalue weighted by Gasteiger charge is 2.66. The molecule has 0 amide bonds. The van der Waals surface area contributed by atoms with Gasteiger partial charge in [0.15, 0.2) is 5.76 Å². The normalized spacial score (nSPS) is 40.8. The Morgan fingerprint density at radius 2 is 1.94 bits per heavy atom. The van der Waals surface area contributed by atoms with E-state index in [0.717, 1.165) is 0 Å². The molecule has 0 aromatic rings. The Kier molecular flexibility index (Phi) is 4.29. The van der Waals surface area contributed by atoms with Gasteiger partial charge in [0, 0.05) is 49.4 Å². The van der Waals surface area contributed by atoms with Crippen molar-refractivity contribution < 1.29 is 38.1 Å². The molecule has 3 aliphatic carbocycles. The summed E-state index contributed by atoms with van der Waals surface area (Å²) in [6.45, 7) is 5.25. The first-order valence-corrected chi connectivity index (χ1v) is 10.7. The molecule has 6 unspecified atom stereocenters. The molecule has 2 fully saturated rings. The van der Waals surface area contributed by atoms with Gasteiger partial charge in [0.2, 0.25) is 5.78 Å². The van der Waals surface area contributed by atoms with E-state index >= 15 is 0 Å². The van der Waals surface area contributed by atoms with Gasteiger partial charge in [-0.3, -0.25) is 19.2 Å². The summed E-state index contributed by atoms with van der Waals surface area (Å²) in [5, 5.41) is 0. The zero-order valence-corrected chi connectivity index (χ0v) is 18.1. The average molecular weight is 430 g/mol. The molecule has 166 valence electrons. The van der Waals surface area contributed by atoms with Crippen LogP contribution in [0.1, 0.15) is 40.0 Å². The van der Waals surface area contributed by atoms with E-state index in [0.29, 0.717) is 36.0 Å². The van der Waals surface area contributed by atoms with Crippen LogP contribution in [-0.4, -0.2) is 56.0 Å². The first kappa shape index (κ1) is 20.4. The Morgan fingerprint density at radius 3 is 2.61 bits per heavy atom. The van der Waals surface area contributed by atoms with Gasteiger partial charge >= 0.3 is 11.9 Å². The molecule has 2 aliphatic heterocycles. The molecule has 2 heterocycles. The van der Waals surface area contributed by atoms with Crippen molar-refractivity contribution in [2.45, 2.75) is 52.2 Å². The minimum atomic E-state index is -0.920. The molecule has 5 aliphatic rings. The van der Waals surface area contributed by atoms with Crippen LogP contribution in [-0.2, 0) is 38.1 Å². The van der Waals surface area contributed by atoms with Gasteiger partial charge in [-0.05, 0) is 18.9 Å². The lowest BCUT2D eigenvalue weighted by atomic mass is 9.53.